The molecule has 0 unspecified atom stereocenters. The Kier molecular flexibility index (Phi) is 4.32. The maximum atomic E-state index is 5.95. The Hall–Kier alpha value is -2.91. The van der Waals surface area contributed by atoms with Gasteiger partial charge in [0, 0.05) is 30.4 Å². The topological polar surface area (TPSA) is 42.1 Å². The van der Waals surface area contributed by atoms with Crippen LogP contribution < -0.4 is 10.6 Å². The van der Waals surface area contributed by atoms with Crippen molar-refractivity contribution in [3.63, 3.8) is 0 Å². The number of benzene rings is 3. The van der Waals surface area contributed by atoms with Crippen LogP contribution in [0.5, 0.6) is 0 Å². The van der Waals surface area contributed by atoms with Crippen LogP contribution in [0.15, 0.2) is 78.9 Å². The molecule has 0 aliphatic carbocycles. The quantitative estimate of drug-likeness (QED) is 0.554. The molecule has 0 aliphatic rings. The summed E-state index contributed by atoms with van der Waals surface area (Å²) in [6.45, 7) is 2.24. The minimum absolute atomic E-state index is 0.609. The van der Waals surface area contributed by atoms with Crippen LogP contribution in [0, 0.1) is 0 Å². The zero-order valence-corrected chi connectivity index (χ0v) is 14.1. The number of hydrogen-bond donors (Lipinski definition) is 1. The summed E-state index contributed by atoms with van der Waals surface area (Å²) in [4.78, 5) is 7.21. The second-order valence-electron chi connectivity index (χ2n) is 6.19. The Morgan fingerprint density at radius 1 is 0.720 bits per heavy atom. The molecule has 124 valence electrons. The van der Waals surface area contributed by atoms with Gasteiger partial charge in [0.1, 0.15) is 0 Å². The molecule has 1 aromatic heterocycles. The average molecular weight is 327 g/mol. The number of nitrogens with two attached hydrogens (primary N) is 1. The van der Waals surface area contributed by atoms with Gasteiger partial charge in [-0.3, -0.25) is 0 Å². The summed E-state index contributed by atoms with van der Waals surface area (Å²) < 4.78 is 0. The van der Waals surface area contributed by atoms with Gasteiger partial charge < -0.3 is 10.6 Å². The number of nitrogens with zero attached hydrogens (tertiary/aromatic N) is 2. The van der Waals surface area contributed by atoms with Crippen LogP contribution >= 0.6 is 0 Å². The third kappa shape index (κ3) is 3.06. The van der Waals surface area contributed by atoms with Crippen LogP contribution in [0.3, 0.4) is 0 Å². The summed E-state index contributed by atoms with van der Waals surface area (Å²) in [5.41, 5.74) is 10.5. The normalized spacial score (nSPS) is 11.1. The molecule has 4 rings (SSSR count). The molecule has 0 spiro atoms. The Morgan fingerprint density at radius 2 is 1.28 bits per heavy atom. The van der Waals surface area contributed by atoms with Crippen LogP contribution in [-0.2, 0) is 6.54 Å². The van der Waals surface area contributed by atoms with E-state index < -0.39 is 0 Å². The third-order valence-corrected chi connectivity index (χ3v) is 4.49. The first kappa shape index (κ1) is 15.6. The highest BCUT2D eigenvalue weighted by Crippen LogP contribution is 2.34. The van der Waals surface area contributed by atoms with Gasteiger partial charge in [-0.05, 0) is 17.7 Å². The molecule has 0 saturated carbocycles. The molecule has 0 fully saturated rings. The van der Waals surface area contributed by atoms with E-state index in [-0.39, 0.29) is 0 Å². The van der Waals surface area contributed by atoms with Crippen LogP contribution in [0.4, 0.5) is 5.69 Å². The number of anilines is 1. The van der Waals surface area contributed by atoms with Crippen molar-refractivity contribution in [3.8, 4) is 0 Å². The number of rotatable bonds is 5. The van der Waals surface area contributed by atoms with E-state index in [1.165, 1.54) is 22.0 Å². The molecule has 3 aromatic carbocycles. The van der Waals surface area contributed by atoms with Gasteiger partial charge in [0.2, 0.25) is 0 Å². The van der Waals surface area contributed by atoms with Crippen molar-refractivity contribution in [1.29, 1.82) is 0 Å². The first-order valence-corrected chi connectivity index (χ1v) is 8.63. The number of aromatic nitrogens is 1. The first-order chi connectivity index (χ1) is 12.4. The van der Waals surface area contributed by atoms with Gasteiger partial charge in [-0.15, -0.1) is 0 Å². The van der Waals surface area contributed by atoms with E-state index in [9.17, 15) is 0 Å². The molecule has 0 radical (unpaired) electrons. The van der Waals surface area contributed by atoms with Crippen molar-refractivity contribution in [2.24, 2.45) is 5.73 Å². The average Bonchev–Trinajstić information content (AvgIpc) is 2.66. The van der Waals surface area contributed by atoms with E-state index in [2.05, 4.69) is 65.6 Å². The van der Waals surface area contributed by atoms with Gasteiger partial charge in [0.05, 0.1) is 16.7 Å². The lowest BCUT2D eigenvalue weighted by Gasteiger charge is -2.27. The second-order valence-corrected chi connectivity index (χ2v) is 6.19. The van der Waals surface area contributed by atoms with E-state index in [1.807, 2.05) is 18.2 Å². The van der Waals surface area contributed by atoms with Crippen LogP contribution in [0.25, 0.3) is 21.8 Å². The minimum atomic E-state index is 0.609. The van der Waals surface area contributed by atoms with Crippen LogP contribution in [0.1, 0.15) is 5.56 Å². The first-order valence-electron chi connectivity index (χ1n) is 8.63. The lowest BCUT2D eigenvalue weighted by atomic mass is 10.1. The molecule has 0 aliphatic heterocycles. The van der Waals surface area contributed by atoms with E-state index in [0.29, 0.717) is 6.54 Å². The van der Waals surface area contributed by atoms with E-state index in [0.717, 1.165) is 24.1 Å². The van der Waals surface area contributed by atoms with Crippen molar-refractivity contribution >= 4 is 27.5 Å². The summed E-state index contributed by atoms with van der Waals surface area (Å²) in [6, 6.07) is 27.2. The van der Waals surface area contributed by atoms with Gasteiger partial charge in [0.15, 0.2) is 0 Å². The Balaban J connectivity index is 1.93. The van der Waals surface area contributed by atoms with E-state index in [4.69, 9.17) is 10.7 Å². The summed E-state index contributed by atoms with van der Waals surface area (Å²) in [5, 5.41) is 2.34. The molecule has 2 N–H and O–H groups in total. The predicted octanol–water partition coefficient (Wildman–Crippen LogP) is 4.35. The van der Waals surface area contributed by atoms with Gasteiger partial charge in [-0.25, -0.2) is 4.98 Å². The third-order valence-electron chi connectivity index (χ3n) is 4.49. The largest absolute Gasteiger partial charge is 0.365 e. The minimum Gasteiger partial charge on any atom is -0.365 e. The SMILES string of the molecule is NCCN(Cc1ccccc1)c1c2ccccc2nc2ccccc12. The molecular formula is C22H21N3. The fourth-order valence-electron chi connectivity index (χ4n) is 3.39. The number of hydrogen-bond acceptors (Lipinski definition) is 3. The molecule has 0 atom stereocenters. The summed E-state index contributed by atoms with van der Waals surface area (Å²) in [5.74, 6) is 0. The summed E-state index contributed by atoms with van der Waals surface area (Å²) in [6.07, 6.45) is 0. The monoisotopic (exact) mass is 327 g/mol. The maximum Gasteiger partial charge on any atom is 0.0730 e. The molecule has 1 heterocycles. The Labute approximate surface area is 147 Å². The zero-order chi connectivity index (χ0) is 17.1. The van der Waals surface area contributed by atoms with E-state index in [1.54, 1.807) is 0 Å². The molecule has 3 heteroatoms. The van der Waals surface area contributed by atoms with Crippen molar-refractivity contribution in [1.82, 2.24) is 4.98 Å². The van der Waals surface area contributed by atoms with Gasteiger partial charge in [0.25, 0.3) is 0 Å². The summed E-state index contributed by atoms with van der Waals surface area (Å²) >= 11 is 0. The lowest BCUT2D eigenvalue weighted by molar-refractivity contribution is 0.796. The van der Waals surface area contributed by atoms with Gasteiger partial charge >= 0.3 is 0 Å². The van der Waals surface area contributed by atoms with E-state index >= 15 is 0 Å². The highest BCUT2D eigenvalue weighted by molar-refractivity contribution is 6.07. The molecule has 3 nitrogen and oxygen atoms in total. The molecule has 4 aromatic rings. The van der Waals surface area contributed by atoms with Gasteiger partial charge in [-0.2, -0.15) is 0 Å². The fraction of sp³-hybridized carbons (Fsp3) is 0.136. The standard InChI is InChI=1S/C22H21N3/c23-14-15-25(16-17-8-2-1-3-9-17)22-18-10-4-6-12-20(18)24-21-13-7-5-11-19(21)22/h1-13H,14-16,23H2. The van der Waals surface area contributed by atoms with Gasteiger partial charge in [-0.1, -0.05) is 66.7 Å². The van der Waals surface area contributed by atoms with Crippen molar-refractivity contribution in [2.45, 2.75) is 6.54 Å². The number of pyridine rings is 1. The predicted molar refractivity (Wildman–Crippen MR) is 106 cm³/mol. The van der Waals surface area contributed by atoms with Crippen LogP contribution in [0.2, 0.25) is 0 Å². The fourth-order valence-corrected chi connectivity index (χ4v) is 3.39. The maximum absolute atomic E-state index is 5.95. The van der Waals surface area contributed by atoms with Crippen LogP contribution in [-0.4, -0.2) is 18.1 Å². The molecule has 0 amide bonds. The lowest BCUT2D eigenvalue weighted by Crippen LogP contribution is -2.29. The Bertz CT molecular complexity index is 942. The van der Waals surface area contributed by atoms with Crippen molar-refractivity contribution in [2.75, 3.05) is 18.0 Å². The molecule has 0 saturated heterocycles. The second kappa shape index (κ2) is 6.91. The Morgan fingerprint density at radius 3 is 1.88 bits per heavy atom. The summed E-state index contributed by atoms with van der Waals surface area (Å²) in [7, 11) is 0. The van der Waals surface area contributed by atoms with Crippen molar-refractivity contribution < 1.29 is 0 Å². The molecule has 25 heavy (non-hydrogen) atoms. The number of fused-ring (bicyclic) bond motifs is 2. The smallest absolute Gasteiger partial charge is 0.0730 e. The van der Waals surface area contributed by atoms with Crippen molar-refractivity contribution in [3.05, 3.63) is 84.4 Å². The zero-order valence-electron chi connectivity index (χ0n) is 14.1. The number of para-hydroxylation sites is 2. The highest BCUT2D eigenvalue weighted by Gasteiger charge is 2.15. The molecule has 0 bridgehead atoms. The molecular weight excluding hydrogens is 306 g/mol. The highest BCUT2D eigenvalue weighted by atomic mass is 15.1.